The molecule has 0 fully saturated rings. The SMILES string of the molecule is N#COC(CCCN=C=O)N=C=O. The van der Waals surface area contributed by atoms with Crippen molar-refractivity contribution in [1.29, 1.82) is 5.26 Å². The molecule has 0 radical (unpaired) electrons. The number of hydrogen-bond acceptors (Lipinski definition) is 6. The van der Waals surface area contributed by atoms with Gasteiger partial charge in [-0.3, -0.25) is 0 Å². The van der Waals surface area contributed by atoms with Gasteiger partial charge >= 0.3 is 0 Å². The number of carbonyl (C=O) groups excluding carboxylic acids is 2. The molecule has 1 atom stereocenters. The molecule has 0 bridgehead atoms. The monoisotopic (exact) mass is 181 g/mol. The van der Waals surface area contributed by atoms with E-state index in [-0.39, 0.29) is 6.54 Å². The Labute approximate surface area is 74.5 Å². The lowest BCUT2D eigenvalue weighted by Gasteiger charge is -2.03. The Bertz CT molecular complexity index is 271. The van der Waals surface area contributed by atoms with Crippen LogP contribution in [0.4, 0.5) is 0 Å². The van der Waals surface area contributed by atoms with Gasteiger partial charge in [0.25, 0.3) is 6.26 Å². The van der Waals surface area contributed by atoms with E-state index in [0.29, 0.717) is 12.8 Å². The summed E-state index contributed by atoms with van der Waals surface area (Å²) < 4.78 is 4.40. The molecule has 0 aromatic heterocycles. The Balaban J connectivity index is 3.76. The molecule has 0 rings (SSSR count). The van der Waals surface area contributed by atoms with Gasteiger partial charge in [0.2, 0.25) is 18.4 Å². The largest absolute Gasteiger partial charge is 0.399 e. The topological polar surface area (TPSA) is 91.9 Å². The Morgan fingerprint density at radius 3 is 2.69 bits per heavy atom. The summed E-state index contributed by atoms with van der Waals surface area (Å²) >= 11 is 0. The number of isocyanates is 2. The molecule has 0 saturated carbocycles. The maximum Gasteiger partial charge on any atom is 0.288 e. The zero-order chi connectivity index (χ0) is 9.94. The number of aliphatic imine (C=N–C) groups is 2. The van der Waals surface area contributed by atoms with Crippen molar-refractivity contribution in [2.24, 2.45) is 9.98 Å². The van der Waals surface area contributed by atoms with Gasteiger partial charge in [-0.05, 0) is 6.42 Å². The minimum atomic E-state index is -0.815. The van der Waals surface area contributed by atoms with Crippen molar-refractivity contribution in [3.05, 3.63) is 0 Å². The fourth-order valence-corrected chi connectivity index (χ4v) is 0.660. The summed E-state index contributed by atoms with van der Waals surface area (Å²) in [5.41, 5.74) is 0. The predicted molar refractivity (Wildman–Crippen MR) is 40.8 cm³/mol. The zero-order valence-electron chi connectivity index (χ0n) is 6.77. The van der Waals surface area contributed by atoms with E-state index in [0.717, 1.165) is 0 Å². The second-order valence-corrected chi connectivity index (χ2v) is 2.00. The Hall–Kier alpha value is -1.95. The highest BCUT2D eigenvalue weighted by Crippen LogP contribution is 2.02. The summed E-state index contributed by atoms with van der Waals surface area (Å²) in [4.78, 5) is 26.0. The van der Waals surface area contributed by atoms with Crippen molar-refractivity contribution < 1.29 is 14.3 Å². The number of nitriles is 1. The Morgan fingerprint density at radius 1 is 1.38 bits per heavy atom. The maximum absolute atomic E-state index is 9.81. The van der Waals surface area contributed by atoms with Gasteiger partial charge < -0.3 is 4.74 Å². The van der Waals surface area contributed by atoms with E-state index in [4.69, 9.17) is 5.26 Å². The molecule has 0 N–H and O–H groups in total. The van der Waals surface area contributed by atoms with Crippen molar-refractivity contribution in [3.8, 4) is 6.26 Å². The fourth-order valence-electron chi connectivity index (χ4n) is 0.660. The van der Waals surface area contributed by atoms with E-state index >= 15 is 0 Å². The van der Waals surface area contributed by atoms with Crippen LogP contribution in [0, 0.1) is 11.5 Å². The molecule has 0 aliphatic heterocycles. The molecule has 6 nitrogen and oxygen atoms in total. The van der Waals surface area contributed by atoms with E-state index in [9.17, 15) is 9.59 Å². The highest BCUT2D eigenvalue weighted by Gasteiger charge is 2.05. The van der Waals surface area contributed by atoms with E-state index in [1.165, 1.54) is 18.4 Å². The quantitative estimate of drug-likeness (QED) is 0.254. The molecule has 0 aromatic carbocycles. The molecular formula is C7H7N3O3. The van der Waals surface area contributed by atoms with Crippen LogP contribution in [0.3, 0.4) is 0 Å². The Morgan fingerprint density at radius 2 is 2.15 bits per heavy atom. The normalized spacial score (nSPS) is 10.1. The molecule has 0 aliphatic rings. The van der Waals surface area contributed by atoms with Gasteiger partial charge in [0.05, 0.1) is 6.54 Å². The standard InChI is InChI=1S/C7H7N3O3/c8-4-13-7(10-6-12)2-1-3-9-5-11/h7H,1-3H2. The highest BCUT2D eigenvalue weighted by molar-refractivity contribution is 5.33. The zero-order valence-corrected chi connectivity index (χ0v) is 6.77. The Kier molecular flexibility index (Phi) is 6.93. The first-order valence-corrected chi connectivity index (χ1v) is 3.50. The van der Waals surface area contributed by atoms with Crippen LogP contribution in [0.15, 0.2) is 9.98 Å². The lowest BCUT2D eigenvalue weighted by molar-refractivity contribution is 0.159. The summed E-state index contributed by atoms with van der Waals surface area (Å²) in [6.45, 7) is 0.281. The maximum atomic E-state index is 9.81. The summed E-state index contributed by atoms with van der Waals surface area (Å²) in [6.07, 6.45) is 4.08. The van der Waals surface area contributed by atoms with Gasteiger partial charge in [-0.15, -0.1) is 0 Å². The van der Waals surface area contributed by atoms with Gasteiger partial charge in [-0.25, -0.2) is 14.6 Å². The van der Waals surface area contributed by atoms with Crippen LogP contribution >= 0.6 is 0 Å². The average Bonchev–Trinajstić information content (AvgIpc) is 2.13. The third kappa shape index (κ3) is 6.45. The van der Waals surface area contributed by atoms with Gasteiger partial charge in [0, 0.05) is 6.42 Å². The first-order chi connectivity index (χ1) is 6.35. The fraction of sp³-hybridized carbons (Fsp3) is 0.571. The van der Waals surface area contributed by atoms with E-state index in [1.54, 1.807) is 0 Å². The van der Waals surface area contributed by atoms with Gasteiger partial charge in [0.15, 0.2) is 0 Å². The summed E-state index contributed by atoms with van der Waals surface area (Å²) in [5, 5.41) is 8.12. The van der Waals surface area contributed by atoms with Crippen LogP contribution in [-0.2, 0) is 14.3 Å². The first-order valence-electron chi connectivity index (χ1n) is 3.50. The van der Waals surface area contributed by atoms with Crippen LogP contribution in [-0.4, -0.2) is 24.9 Å². The molecule has 0 heterocycles. The molecular weight excluding hydrogens is 174 g/mol. The summed E-state index contributed by atoms with van der Waals surface area (Å²) in [7, 11) is 0. The predicted octanol–water partition coefficient (Wildman–Crippen LogP) is 0.262. The van der Waals surface area contributed by atoms with E-state index in [1.807, 2.05) is 0 Å². The molecule has 0 amide bonds. The number of nitrogens with zero attached hydrogens (tertiary/aromatic N) is 3. The third-order valence-corrected chi connectivity index (χ3v) is 1.17. The summed E-state index contributed by atoms with van der Waals surface area (Å²) in [5.74, 6) is 0. The molecule has 0 aliphatic carbocycles. The molecule has 1 unspecified atom stereocenters. The van der Waals surface area contributed by atoms with Crippen molar-refractivity contribution >= 4 is 12.2 Å². The molecule has 0 aromatic rings. The van der Waals surface area contributed by atoms with Gasteiger partial charge in [-0.2, -0.15) is 10.3 Å². The van der Waals surface area contributed by atoms with Crippen LogP contribution in [0.2, 0.25) is 0 Å². The number of hydrogen-bond donors (Lipinski definition) is 0. The minimum Gasteiger partial charge on any atom is -0.399 e. The highest BCUT2D eigenvalue weighted by atomic mass is 16.5. The second-order valence-electron chi connectivity index (χ2n) is 2.00. The van der Waals surface area contributed by atoms with Crippen LogP contribution in [0.1, 0.15) is 12.8 Å². The minimum absolute atomic E-state index is 0.281. The summed E-state index contributed by atoms with van der Waals surface area (Å²) in [6, 6.07) is 0. The number of ether oxygens (including phenoxy) is 1. The molecule has 0 saturated heterocycles. The van der Waals surface area contributed by atoms with E-state index < -0.39 is 6.23 Å². The average molecular weight is 181 g/mol. The molecule has 0 spiro atoms. The molecule has 13 heavy (non-hydrogen) atoms. The number of rotatable bonds is 6. The van der Waals surface area contributed by atoms with Crippen LogP contribution in [0.5, 0.6) is 0 Å². The lowest BCUT2D eigenvalue weighted by Crippen LogP contribution is -2.06. The second kappa shape index (κ2) is 8.15. The first kappa shape index (κ1) is 11.1. The van der Waals surface area contributed by atoms with Crippen molar-refractivity contribution in [2.75, 3.05) is 6.54 Å². The van der Waals surface area contributed by atoms with Crippen LogP contribution < -0.4 is 0 Å². The van der Waals surface area contributed by atoms with Crippen LogP contribution in [0.25, 0.3) is 0 Å². The van der Waals surface area contributed by atoms with Gasteiger partial charge in [0.1, 0.15) is 0 Å². The lowest BCUT2D eigenvalue weighted by atomic mass is 10.3. The molecule has 6 heteroatoms. The van der Waals surface area contributed by atoms with Crippen molar-refractivity contribution in [3.63, 3.8) is 0 Å². The van der Waals surface area contributed by atoms with Crippen molar-refractivity contribution in [2.45, 2.75) is 19.1 Å². The molecule has 68 valence electrons. The van der Waals surface area contributed by atoms with E-state index in [2.05, 4.69) is 14.7 Å². The smallest absolute Gasteiger partial charge is 0.288 e. The van der Waals surface area contributed by atoms with Crippen molar-refractivity contribution in [1.82, 2.24) is 0 Å². The van der Waals surface area contributed by atoms with Gasteiger partial charge in [-0.1, -0.05) is 0 Å². The third-order valence-electron chi connectivity index (χ3n) is 1.17.